The molecule has 21 heavy (non-hydrogen) atoms. The van der Waals surface area contributed by atoms with Crippen molar-refractivity contribution in [1.82, 2.24) is 14.9 Å². The molecule has 7 nitrogen and oxygen atoms in total. The van der Waals surface area contributed by atoms with Crippen LogP contribution in [0.4, 0.5) is 0 Å². The van der Waals surface area contributed by atoms with Crippen molar-refractivity contribution in [2.75, 3.05) is 26.3 Å². The third kappa shape index (κ3) is 3.30. The third-order valence-corrected chi connectivity index (χ3v) is 4.14. The van der Waals surface area contributed by atoms with Crippen LogP contribution < -0.4 is 4.74 Å². The van der Waals surface area contributed by atoms with Gasteiger partial charge in [0, 0.05) is 30.9 Å². The molecular formula is C14H19N3O4. The molecule has 1 aromatic rings. The molecule has 0 spiro atoms. The molecule has 0 amide bonds. The second-order valence-electron chi connectivity index (χ2n) is 5.45. The number of carboxylic acids is 1. The number of carboxylic acid groups (broad SMARTS) is 1. The average Bonchev–Trinajstić information content (AvgIpc) is 2.90. The highest BCUT2D eigenvalue weighted by atomic mass is 16.5. The monoisotopic (exact) mass is 293 g/mol. The van der Waals surface area contributed by atoms with Gasteiger partial charge in [0.15, 0.2) is 0 Å². The summed E-state index contributed by atoms with van der Waals surface area (Å²) in [4.78, 5) is 21.0. The molecule has 3 unspecified atom stereocenters. The SMILES string of the molecule is O=C(O)CN1CCOC2C(COc3ncccn3)CCC21. The lowest BCUT2D eigenvalue weighted by molar-refractivity contribution is -0.143. The highest BCUT2D eigenvalue weighted by Gasteiger charge is 2.43. The Labute approximate surface area is 122 Å². The Morgan fingerprint density at radius 3 is 3.00 bits per heavy atom. The van der Waals surface area contributed by atoms with E-state index in [0.717, 1.165) is 12.8 Å². The van der Waals surface area contributed by atoms with Gasteiger partial charge in [0.2, 0.25) is 0 Å². The van der Waals surface area contributed by atoms with E-state index in [1.54, 1.807) is 18.5 Å². The number of ether oxygens (including phenoxy) is 2. The third-order valence-electron chi connectivity index (χ3n) is 4.14. The molecule has 1 aliphatic heterocycles. The van der Waals surface area contributed by atoms with Crippen LogP contribution in [-0.2, 0) is 9.53 Å². The zero-order valence-electron chi connectivity index (χ0n) is 11.7. The van der Waals surface area contributed by atoms with Crippen LogP contribution in [0.15, 0.2) is 18.5 Å². The van der Waals surface area contributed by atoms with Crippen molar-refractivity contribution in [3.63, 3.8) is 0 Å². The highest BCUT2D eigenvalue weighted by molar-refractivity contribution is 5.69. The van der Waals surface area contributed by atoms with Crippen molar-refractivity contribution in [1.29, 1.82) is 0 Å². The fourth-order valence-corrected chi connectivity index (χ4v) is 3.23. The second-order valence-corrected chi connectivity index (χ2v) is 5.45. The van der Waals surface area contributed by atoms with Crippen LogP contribution in [0.25, 0.3) is 0 Å². The molecule has 0 bridgehead atoms. The molecule has 1 saturated carbocycles. The van der Waals surface area contributed by atoms with E-state index in [2.05, 4.69) is 9.97 Å². The Kier molecular flexibility index (Phi) is 4.31. The van der Waals surface area contributed by atoms with Crippen molar-refractivity contribution in [3.8, 4) is 6.01 Å². The molecule has 2 aliphatic rings. The number of aliphatic carboxylic acids is 1. The summed E-state index contributed by atoms with van der Waals surface area (Å²) in [5.41, 5.74) is 0. The number of rotatable bonds is 5. The van der Waals surface area contributed by atoms with Crippen molar-refractivity contribution >= 4 is 5.97 Å². The van der Waals surface area contributed by atoms with E-state index in [1.165, 1.54) is 0 Å². The molecular weight excluding hydrogens is 274 g/mol. The molecule has 3 rings (SSSR count). The number of nitrogens with zero attached hydrogens (tertiary/aromatic N) is 3. The summed E-state index contributed by atoms with van der Waals surface area (Å²) in [5.74, 6) is -0.525. The zero-order valence-corrected chi connectivity index (χ0v) is 11.7. The summed E-state index contributed by atoms with van der Waals surface area (Å²) >= 11 is 0. The largest absolute Gasteiger partial charge is 0.480 e. The van der Waals surface area contributed by atoms with Crippen LogP contribution in [0.5, 0.6) is 6.01 Å². The van der Waals surface area contributed by atoms with E-state index in [0.29, 0.717) is 25.8 Å². The van der Waals surface area contributed by atoms with E-state index in [9.17, 15) is 4.79 Å². The molecule has 2 heterocycles. The van der Waals surface area contributed by atoms with Gasteiger partial charge in [0.05, 0.1) is 25.9 Å². The first-order valence-corrected chi connectivity index (χ1v) is 7.21. The van der Waals surface area contributed by atoms with E-state index >= 15 is 0 Å². The summed E-state index contributed by atoms with van der Waals surface area (Å²) < 4.78 is 11.5. The molecule has 0 aromatic carbocycles. The Morgan fingerprint density at radius 2 is 2.24 bits per heavy atom. The Hall–Kier alpha value is -1.73. The van der Waals surface area contributed by atoms with Gasteiger partial charge < -0.3 is 14.6 Å². The lowest BCUT2D eigenvalue weighted by atomic mass is 10.0. The van der Waals surface area contributed by atoms with Gasteiger partial charge in [-0.05, 0) is 18.9 Å². The molecule has 114 valence electrons. The minimum absolute atomic E-state index is 0.0433. The van der Waals surface area contributed by atoms with E-state index < -0.39 is 5.97 Å². The van der Waals surface area contributed by atoms with Gasteiger partial charge in [-0.1, -0.05) is 0 Å². The van der Waals surface area contributed by atoms with Gasteiger partial charge in [-0.25, -0.2) is 9.97 Å². The summed E-state index contributed by atoms with van der Waals surface area (Å²) in [6.45, 7) is 1.85. The summed E-state index contributed by atoms with van der Waals surface area (Å²) in [7, 11) is 0. The zero-order chi connectivity index (χ0) is 14.7. The molecule has 7 heteroatoms. The van der Waals surface area contributed by atoms with Gasteiger partial charge in [0.25, 0.3) is 0 Å². The maximum Gasteiger partial charge on any atom is 0.317 e. The number of morpholine rings is 1. The normalized spacial score (nSPS) is 29.0. The number of carbonyl (C=O) groups is 1. The van der Waals surface area contributed by atoms with E-state index in [1.807, 2.05) is 4.90 Å². The number of hydrogen-bond acceptors (Lipinski definition) is 6. The summed E-state index contributed by atoms with van der Waals surface area (Å²) in [6.07, 6.45) is 5.25. The predicted octanol–water partition coefficient (Wildman–Crippen LogP) is 0.419. The molecule has 3 atom stereocenters. The molecule has 1 aliphatic carbocycles. The van der Waals surface area contributed by atoms with Gasteiger partial charge in [-0.15, -0.1) is 0 Å². The van der Waals surface area contributed by atoms with Gasteiger partial charge in [-0.2, -0.15) is 0 Å². The molecule has 1 N–H and O–H groups in total. The Bertz CT molecular complexity index is 484. The first-order valence-electron chi connectivity index (χ1n) is 7.21. The maximum atomic E-state index is 10.9. The van der Waals surface area contributed by atoms with Gasteiger partial charge in [0.1, 0.15) is 0 Å². The predicted molar refractivity (Wildman–Crippen MR) is 73.0 cm³/mol. The number of aromatic nitrogens is 2. The van der Waals surface area contributed by atoms with Gasteiger partial charge in [-0.3, -0.25) is 9.69 Å². The van der Waals surface area contributed by atoms with Crippen LogP contribution >= 0.6 is 0 Å². The summed E-state index contributed by atoms with van der Waals surface area (Å²) in [6, 6.07) is 2.30. The van der Waals surface area contributed by atoms with Crippen molar-refractivity contribution in [2.24, 2.45) is 5.92 Å². The fraction of sp³-hybridized carbons (Fsp3) is 0.643. The Balaban J connectivity index is 1.58. The molecule has 1 aromatic heterocycles. The Morgan fingerprint density at radius 1 is 1.43 bits per heavy atom. The lowest BCUT2D eigenvalue weighted by Gasteiger charge is -2.38. The van der Waals surface area contributed by atoms with Crippen LogP contribution in [-0.4, -0.2) is 64.4 Å². The number of hydrogen-bond donors (Lipinski definition) is 1. The first kappa shape index (κ1) is 14.2. The first-order chi connectivity index (χ1) is 10.2. The smallest absolute Gasteiger partial charge is 0.317 e. The number of fused-ring (bicyclic) bond motifs is 1. The standard InChI is InChI=1S/C14H19N3O4/c18-12(19)8-17-6-7-20-13-10(2-3-11(13)17)9-21-14-15-4-1-5-16-14/h1,4-5,10-11,13H,2-3,6-9H2,(H,18,19). The van der Waals surface area contributed by atoms with Gasteiger partial charge >= 0.3 is 12.0 Å². The average molecular weight is 293 g/mol. The van der Waals surface area contributed by atoms with Crippen LogP contribution in [0, 0.1) is 5.92 Å². The highest BCUT2D eigenvalue weighted by Crippen LogP contribution is 2.34. The van der Waals surface area contributed by atoms with E-state index in [4.69, 9.17) is 14.6 Å². The van der Waals surface area contributed by atoms with Crippen molar-refractivity contribution in [3.05, 3.63) is 18.5 Å². The van der Waals surface area contributed by atoms with Crippen LogP contribution in [0.1, 0.15) is 12.8 Å². The maximum absolute atomic E-state index is 10.9. The van der Waals surface area contributed by atoms with E-state index in [-0.39, 0.29) is 24.6 Å². The molecule has 1 saturated heterocycles. The van der Waals surface area contributed by atoms with Crippen LogP contribution in [0.3, 0.4) is 0 Å². The molecule has 2 fully saturated rings. The minimum atomic E-state index is -0.784. The fourth-order valence-electron chi connectivity index (χ4n) is 3.23. The summed E-state index contributed by atoms with van der Waals surface area (Å²) in [5, 5.41) is 8.98. The topological polar surface area (TPSA) is 84.8 Å². The van der Waals surface area contributed by atoms with Crippen molar-refractivity contribution in [2.45, 2.75) is 25.0 Å². The van der Waals surface area contributed by atoms with Crippen molar-refractivity contribution < 1.29 is 19.4 Å². The quantitative estimate of drug-likeness (QED) is 0.842. The second kappa shape index (κ2) is 6.36. The lowest BCUT2D eigenvalue weighted by Crippen LogP contribution is -2.52. The molecule has 0 radical (unpaired) electrons. The van der Waals surface area contributed by atoms with Crippen LogP contribution in [0.2, 0.25) is 0 Å². The minimum Gasteiger partial charge on any atom is -0.480 e.